The minimum atomic E-state index is -0.153. The van der Waals surface area contributed by atoms with Gasteiger partial charge >= 0.3 is 0 Å². The molecule has 0 unspecified atom stereocenters. The predicted octanol–water partition coefficient (Wildman–Crippen LogP) is 5.84. The van der Waals surface area contributed by atoms with Crippen molar-refractivity contribution in [3.05, 3.63) is 101 Å². The zero-order valence-electron chi connectivity index (χ0n) is 18.4. The van der Waals surface area contributed by atoms with Gasteiger partial charge in [0.2, 0.25) is 0 Å². The van der Waals surface area contributed by atoms with Crippen molar-refractivity contribution >= 4 is 57.1 Å². The molecule has 34 heavy (non-hydrogen) atoms. The Morgan fingerprint density at radius 3 is 2.03 bits per heavy atom. The van der Waals surface area contributed by atoms with Crippen molar-refractivity contribution in [2.45, 2.75) is 6.92 Å². The van der Waals surface area contributed by atoms with Crippen LogP contribution in [0.5, 0.6) is 0 Å². The van der Waals surface area contributed by atoms with Gasteiger partial charge in [-0.25, -0.2) is 0 Å². The Hall–Kier alpha value is -4.71. The number of hydrogen-bond donors (Lipinski definition) is 3. The molecule has 0 atom stereocenters. The van der Waals surface area contributed by atoms with E-state index in [1.54, 1.807) is 18.2 Å². The van der Waals surface area contributed by atoms with Crippen molar-refractivity contribution in [1.29, 1.82) is 0 Å². The van der Waals surface area contributed by atoms with E-state index < -0.39 is 0 Å². The number of ketones is 1. The number of fused-ring (bicyclic) bond motifs is 3. The van der Waals surface area contributed by atoms with Crippen molar-refractivity contribution in [2.24, 2.45) is 0 Å². The van der Waals surface area contributed by atoms with E-state index in [-0.39, 0.29) is 11.7 Å². The number of Topliss-reactive ketones (excluding diaryl/α,β-unsaturated/α-hetero) is 1. The Bertz CT molecular complexity index is 1540. The van der Waals surface area contributed by atoms with E-state index >= 15 is 0 Å². The zero-order chi connectivity index (χ0) is 23.7. The van der Waals surface area contributed by atoms with Crippen LogP contribution in [0.1, 0.15) is 39.0 Å². The molecule has 0 aliphatic carbocycles. The number of amides is 1. The first-order valence-electron chi connectivity index (χ1n) is 10.8. The summed E-state index contributed by atoms with van der Waals surface area (Å²) in [5, 5.41) is 5.01. The highest BCUT2D eigenvalue weighted by molar-refractivity contribution is 6.35. The van der Waals surface area contributed by atoms with E-state index in [0.29, 0.717) is 16.8 Å². The molecule has 0 spiro atoms. The molecule has 166 valence electrons. The molecular weight excluding hydrogens is 426 g/mol. The maximum Gasteiger partial charge on any atom is 0.256 e. The fraction of sp³-hybridized carbons (Fsp3) is 0.0357. The second kappa shape index (κ2) is 8.67. The number of nitrogens with one attached hydrogen (secondary N) is 3. The Balaban J connectivity index is 0.000000183. The molecule has 6 rings (SSSR count). The maximum atomic E-state index is 12.3. The van der Waals surface area contributed by atoms with Crippen molar-refractivity contribution < 1.29 is 14.4 Å². The van der Waals surface area contributed by atoms with Crippen LogP contribution in [-0.2, 0) is 4.79 Å². The van der Waals surface area contributed by atoms with Crippen molar-refractivity contribution in [2.75, 3.05) is 5.32 Å². The van der Waals surface area contributed by atoms with Gasteiger partial charge in [0.25, 0.3) is 5.91 Å². The van der Waals surface area contributed by atoms with Gasteiger partial charge in [-0.1, -0.05) is 36.4 Å². The zero-order valence-corrected chi connectivity index (χ0v) is 18.4. The molecule has 6 heteroatoms. The van der Waals surface area contributed by atoms with Gasteiger partial charge in [-0.3, -0.25) is 14.4 Å². The monoisotopic (exact) mass is 447 g/mol. The molecule has 1 aliphatic rings. The van der Waals surface area contributed by atoms with Crippen LogP contribution in [-0.4, -0.2) is 27.9 Å². The molecule has 3 N–H and O–H groups in total. The van der Waals surface area contributed by atoms with E-state index in [4.69, 9.17) is 0 Å². The molecular formula is C28H21N3O3. The minimum Gasteiger partial charge on any atom is -0.355 e. The fourth-order valence-corrected chi connectivity index (χ4v) is 4.04. The number of H-pyrrole nitrogens is 2. The number of rotatable bonds is 3. The number of benzene rings is 3. The summed E-state index contributed by atoms with van der Waals surface area (Å²) in [6.07, 6.45) is 2.64. The van der Waals surface area contributed by atoms with Crippen LogP contribution in [0.15, 0.2) is 78.9 Å². The third-order valence-electron chi connectivity index (χ3n) is 5.74. The van der Waals surface area contributed by atoms with Crippen molar-refractivity contribution in [3.8, 4) is 0 Å². The molecule has 1 amide bonds. The lowest BCUT2D eigenvalue weighted by atomic mass is 10.0. The van der Waals surface area contributed by atoms with Gasteiger partial charge in [0.05, 0.1) is 11.3 Å². The lowest BCUT2D eigenvalue weighted by molar-refractivity contribution is -0.110. The fourth-order valence-electron chi connectivity index (χ4n) is 4.04. The minimum absolute atomic E-state index is 0.0166. The largest absolute Gasteiger partial charge is 0.355 e. The Morgan fingerprint density at radius 2 is 1.41 bits per heavy atom. The molecule has 6 nitrogen and oxygen atoms in total. The summed E-state index contributed by atoms with van der Waals surface area (Å²) in [7, 11) is 0. The van der Waals surface area contributed by atoms with Crippen LogP contribution in [0, 0.1) is 0 Å². The quantitative estimate of drug-likeness (QED) is 0.184. The van der Waals surface area contributed by atoms with Gasteiger partial charge in [-0.15, -0.1) is 0 Å². The first-order chi connectivity index (χ1) is 16.5. The molecule has 3 aromatic carbocycles. The normalized spacial score (nSPS) is 13.4. The number of anilines is 1. The van der Waals surface area contributed by atoms with E-state index in [1.165, 1.54) is 6.92 Å². The number of aromatic nitrogens is 2. The van der Waals surface area contributed by atoms with Gasteiger partial charge < -0.3 is 15.3 Å². The van der Waals surface area contributed by atoms with E-state index in [0.717, 1.165) is 45.0 Å². The maximum absolute atomic E-state index is 12.3. The number of carbonyl (C=O) groups is 3. The average molecular weight is 447 g/mol. The number of hydrogen-bond acceptors (Lipinski definition) is 3. The Morgan fingerprint density at radius 1 is 0.794 bits per heavy atom. The van der Waals surface area contributed by atoms with Gasteiger partial charge in [-0.2, -0.15) is 0 Å². The average Bonchev–Trinajstić information content (AvgIpc) is 3.54. The Labute approximate surface area is 195 Å². The van der Waals surface area contributed by atoms with Crippen LogP contribution in [0.25, 0.3) is 33.5 Å². The molecule has 0 fully saturated rings. The molecule has 3 heterocycles. The number of aldehydes is 1. The highest BCUT2D eigenvalue weighted by Gasteiger charge is 2.25. The van der Waals surface area contributed by atoms with Gasteiger partial charge in [0, 0.05) is 38.9 Å². The molecule has 0 radical (unpaired) electrons. The van der Waals surface area contributed by atoms with Crippen molar-refractivity contribution in [1.82, 2.24) is 9.97 Å². The number of para-hydroxylation sites is 2. The highest BCUT2D eigenvalue weighted by atomic mass is 16.2. The van der Waals surface area contributed by atoms with E-state index in [9.17, 15) is 14.4 Å². The van der Waals surface area contributed by atoms with Gasteiger partial charge in [0.1, 0.15) is 0 Å². The summed E-state index contributed by atoms with van der Waals surface area (Å²) in [5.74, 6) is -0.170. The standard InChI is InChI=1S/C19H14N2O2.C9H7NO/c1-11(22)12-6-7-18-15(9-12)16(19(23)21-18)10-14-8-13-4-2-3-5-17(13)20-14;11-6-8-5-7-3-1-2-4-9(7)10-8/h2-10,20H,1H3,(H,21,23);1-6,10H. The molecule has 1 aliphatic heterocycles. The smallest absolute Gasteiger partial charge is 0.256 e. The van der Waals surface area contributed by atoms with E-state index in [1.807, 2.05) is 66.7 Å². The molecule has 0 saturated heterocycles. The van der Waals surface area contributed by atoms with Crippen LogP contribution in [0.2, 0.25) is 0 Å². The SMILES string of the molecule is CC(=O)c1ccc2c(c1)C(=Cc1cc3ccccc3[nH]1)C(=O)N2.O=Cc1cc2ccccc2[nH]1. The van der Waals surface area contributed by atoms with Crippen LogP contribution in [0.4, 0.5) is 5.69 Å². The summed E-state index contributed by atoms with van der Waals surface area (Å²) < 4.78 is 0. The number of aromatic amines is 2. The first-order valence-corrected chi connectivity index (χ1v) is 10.8. The highest BCUT2D eigenvalue weighted by Crippen LogP contribution is 2.34. The second-order valence-electron chi connectivity index (χ2n) is 8.07. The van der Waals surface area contributed by atoms with Gasteiger partial charge in [0.15, 0.2) is 12.1 Å². The second-order valence-corrected chi connectivity index (χ2v) is 8.07. The summed E-state index contributed by atoms with van der Waals surface area (Å²) in [6, 6.07) is 24.9. The third-order valence-corrected chi connectivity index (χ3v) is 5.74. The Kier molecular flexibility index (Phi) is 5.40. The molecule has 2 aromatic heterocycles. The first kappa shape index (κ1) is 21.2. The molecule has 0 saturated carbocycles. The van der Waals surface area contributed by atoms with Gasteiger partial charge in [-0.05, 0) is 60.9 Å². The lowest BCUT2D eigenvalue weighted by Crippen LogP contribution is -2.03. The number of carbonyl (C=O) groups excluding carboxylic acids is 3. The third kappa shape index (κ3) is 4.04. The lowest BCUT2D eigenvalue weighted by Gasteiger charge is -2.01. The van der Waals surface area contributed by atoms with Crippen LogP contribution >= 0.6 is 0 Å². The van der Waals surface area contributed by atoms with Crippen molar-refractivity contribution in [3.63, 3.8) is 0 Å². The molecule has 0 bridgehead atoms. The topological polar surface area (TPSA) is 94.8 Å². The van der Waals surface area contributed by atoms with Crippen LogP contribution < -0.4 is 5.32 Å². The summed E-state index contributed by atoms with van der Waals surface area (Å²) in [6.45, 7) is 1.52. The summed E-state index contributed by atoms with van der Waals surface area (Å²) in [5.41, 5.74) is 6.19. The summed E-state index contributed by atoms with van der Waals surface area (Å²) >= 11 is 0. The summed E-state index contributed by atoms with van der Waals surface area (Å²) in [4.78, 5) is 40.4. The predicted molar refractivity (Wildman–Crippen MR) is 135 cm³/mol. The van der Waals surface area contributed by atoms with Crippen LogP contribution in [0.3, 0.4) is 0 Å². The van der Waals surface area contributed by atoms with E-state index in [2.05, 4.69) is 15.3 Å². The molecule has 5 aromatic rings.